The summed E-state index contributed by atoms with van der Waals surface area (Å²) in [6.45, 7) is 4.92. The molecule has 0 aliphatic heterocycles. The lowest BCUT2D eigenvalue weighted by atomic mass is 9.43. The standard InChI is InChI=1S/C80H63N/c1-78(2)74-48-59(54-21-8-4-9-22-54)35-38-71(74)80(72-39-36-60(49-75(72)78)55-23-10-5-11-24-55)68-31-14-12-29-65(68)67-50-64(37-40-70(67)80)81(63-28-17-27-58(47-63)57-26-16-25-56(46-57)53-19-6-3-7-20-53)76-34-18-33-73-77(76)66-30-13-15-32-69(66)79(73)61-42-51-41-52(44-61)45-62(79)43-51/h3-40,46-52,61-62H,41-45H2,1-2H3. The minimum atomic E-state index is -0.567. The van der Waals surface area contributed by atoms with Crippen LogP contribution >= 0.6 is 0 Å². The van der Waals surface area contributed by atoms with E-state index in [1.807, 2.05) is 0 Å². The molecule has 11 aromatic rings. The van der Waals surface area contributed by atoms with E-state index >= 15 is 0 Å². The first-order valence-electron chi connectivity index (χ1n) is 29.8. The van der Waals surface area contributed by atoms with E-state index in [1.54, 1.807) is 11.1 Å². The number of anilines is 3. The largest absolute Gasteiger partial charge is 0.310 e. The molecule has 4 fully saturated rings. The van der Waals surface area contributed by atoms with Gasteiger partial charge in [0.05, 0.1) is 11.1 Å². The third-order valence-corrected chi connectivity index (χ3v) is 20.9. The highest BCUT2D eigenvalue weighted by Gasteiger charge is 2.62. The van der Waals surface area contributed by atoms with Gasteiger partial charge in [0.1, 0.15) is 0 Å². The van der Waals surface area contributed by atoms with Crippen LogP contribution in [0.15, 0.2) is 261 Å². The van der Waals surface area contributed by atoms with Gasteiger partial charge in [0.15, 0.2) is 0 Å². The highest BCUT2D eigenvalue weighted by Crippen LogP contribution is 2.71. The van der Waals surface area contributed by atoms with Crippen molar-refractivity contribution in [1.29, 1.82) is 0 Å². The Balaban J connectivity index is 0.908. The Morgan fingerprint density at radius 1 is 0.296 bits per heavy atom. The van der Waals surface area contributed by atoms with Gasteiger partial charge < -0.3 is 4.90 Å². The Kier molecular flexibility index (Phi) is 10.2. The average Bonchev–Trinajstić information content (AvgIpc) is 3.50. The predicted octanol–water partition coefficient (Wildman–Crippen LogP) is 20.5. The van der Waals surface area contributed by atoms with Crippen molar-refractivity contribution >= 4 is 17.1 Å². The third-order valence-electron chi connectivity index (χ3n) is 20.9. The molecule has 0 N–H and O–H groups in total. The lowest BCUT2D eigenvalue weighted by molar-refractivity contribution is -0.0399. The first-order valence-corrected chi connectivity index (χ1v) is 29.8. The van der Waals surface area contributed by atoms with Crippen LogP contribution in [0.4, 0.5) is 17.1 Å². The summed E-state index contributed by atoms with van der Waals surface area (Å²) >= 11 is 0. The quantitative estimate of drug-likeness (QED) is 0.154. The fourth-order valence-electron chi connectivity index (χ4n) is 17.8. The van der Waals surface area contributed by atoms with Crippen molar-refractivity contribution in [2.24, 2.45) is 23.7 Å². The van der Waals surface area contributed by atoms with Gasteiger partial charge in [-0.3, -0.25) is 0 Å². The van der Waals surface area contributed by atoms with Gasteiger partial charge in [-0.05, 0) is 210 Å². The van der Waals surface area contributed by atoms with E-state index in [4.69, 9.17) is 0 Å². The molecule has 0 saturated heterocycles. The van der Waals surface area contributed by atoms with E-state index in [0.29, 0.717) is 11.8 Å². The zero-order valence-corrected chi connectivity index (χ0v) is 46.1. The molecule has 4 saturated carbocycles. The minimum Gasteiger partial charge on any atom is -0.310 e. The predicted molar refractivity (Wildman–Crippen MR) is 336 cm³/mol. The maximum atomic E-state index is 2.65. The van der Waals surface area contributed by atoms with Crippen molar-refractivity contribution in [1.82, 2.24) is 0 Å². The summed E-state index contributed by atoms with van der Waals surface area (Å²) in [4.78, 5) is 2.65. The summed E-state index contributed by atoms with van der Waals surface area (Å²) in [5.41, 5.74) is 29.4. The fraction of sp³-hybridized carbons (Fsp3) is 0.175. The molecule has 7 aliphatic carbocycles. The molecule has 4 bridgehead atoms. The lowest BCUT2D eigenvalue weighted by Gasteiger charge is -2.61. The van der Waals surface area contributed by atoms with Crippen LogP contribution in [0.25, 0.3) is 66.8 Å². The second-order valence-electron chi connectivity index (χ2n) is 25.2. The van der Waals surface area contributed by atoms with Crippen molar-refractivity contribution < 1.29 is 0 Å². The second kappa shape index (κ2) is 17.6. The van der Waals surface area contributed by atoms with E-state index in [9.17, 15) is 0 Å². The molecule has 1 nitrogen and oxygen atoms in total. The number of fused-ring (bicyclic) bond motifs is 12. The number of nitrogens with zero attached hydrogens (tertiary/aromatic N) is 1. The Bertz CT molecular complexity index is 4210. The first kappa shape index (κ1) is 47.1. The third kappa shape index (κ3) is 6.67. The molecule has 0 radical (unpaired) electrons. The van der Waals surface area contributed by atoms with Gasteiger partial charge in [-0.1, -0.05) is 226 Å². The number of rotatable bonds is 7. The van der Waals surface area contributed by atoms with Gasteiger partial charge in [-0.2, -0.15) is 0 Å². The SMILES string of the molecule is CC1(C)c2cc(-c3ccccc3)ccc2C2(c3ccccc3-c3cc(N(c4cccc(-c5cccc(-c6ccccc6)c5)c4)c4cccc5c4-c4ccccc4C54C5CC6CC(C5)CC4C6)ccc32)c2ccc(-c3ccccc3)cc21. The molecule has 11 aromatic carbocycles. The summed E-state index contributed by atoms with van der Waals surface area (Å²) in [7, 11) is 0. The van der Waals surface area contributed by atoms with E-state index < -0.39 is 5.41 Å². The normalized spacial score (nSPS) is 21.2. The van der Waals surface area contributed by atoms with Crippen LogP contribution in [-0.4, -0.2) is 0 Å². The minimum absolute atomic E-state index is 0.0420. The molecule has 7 aliphatic rings. The van der Waals surface area contributed by atoms with Crippen LogP contribution in [0.2, 0.25) is 0 Å². The highest BCUT2D eigenvalue weighted by atomic mass is 15.1. The molecule has 0 unspecified atom stereocenters. The van der Waals surface area contributed by atoms with Gasteiger partial charge in [0.25, 0.3) is 0 Å². The number of benzene rings is 11. The molecule has 0 heterocycles. The monoisotopic (exact) mass is 1040 g/mol. The van der Waals surface area contributed by atoms with Crippen molar-refractivity contribution in [3.8, 4) is 66.8 Å². The second-order valence-corrected chi connectivity index (χ2v) is 25.2. The maximum absolute atomic E-state index is 2.65. The van der Waals surface area contributed by atoms with Crippen molar-refractivity contribution in [2.75, 3.05) is 4.90 Å². The highest BCUT2D eigenvalue weighted by molar-refractivity contribution is 5.98. The van der Waals surface area contributed by atoms with E-state index in [2.05, 4.69) is 280 Å². The van der Waals surface area contributed by atoms with Gasteiger partial charge >= 0.3 is 0 Å². The van der Waals surface area contributed by atoms with Gasteiger partial charge in [-0.15, -0.1) is 0 Å². The lowest BCUT2D eigenvalue weighted by Crippen LogP contribution is -2.55. The Morgan fingerprint density at radius 2 is 0.741 bits per heavy atom. The Labute approximate surface area is 477 Å². The average molecular weight is 1040 g/mol. The summed E-state index contributed by atoms with van der Waals surface area (Å²) in [5.74, 6) is 3.10. The smallest absolute Gasteiger partial charge is 0.0719 e. The van der Waals surface area contributed by atoms with Gasteiger partial charge in [0.2, 0.25) is 0 Å². The molecular formula is C80H63N. The molecule has 0 aromatic heterocycles. The van der Waals surface area contributed by atoms with Crippen LogP contribution in [-0.2, 0) is 16.2 Å². The summed E-state index contributed by atoms with van der Waals surface area (Å²) in [6, 6.07) is 100. The number of hydrogen-bond acceptors (Lipinski definition) is 1. The van der Waals surface area contributed by atoms with E-state index in [-0.39, 0.29) is 10.8 Å². The molecular weight excluding hydrogens is 975 g/mol. The summed E-state index contributed by atoms with van der Waals surface area (Å²) in [6.07, 6.45) is 6.87. The zero-order chi connectivity index (χ0) is 53.6. The van der Waals surface area contributed by atoms with Crippen LogP contribution in [0, 0.1) is 23.7 Å². The fourth-order valence-corrected chi connectivity index (χ4v) is 17.8. The first-order chi connectivity index (χ1) is 39.9. The molecule has 0 amide bonds. The molecule has 2 spiro atoms. The molecule has 388 valence electrons. The van der Waals surface area contributed by atoms with Crippen LogP contribution < -0.4 is 4.90 Å². The summed E-state index contributed by atoms with van der Waals surface area (Å²) < 4.78 is 0. The maximum Gasteiger partial charge on any atom is 0.0719 e. The van der Waals surface area contributed by atoms with E-state index in [0.717, 1.165) is 17.5 Å². The number of hydrogen-bond donors (Lipinski definition) is 0. The Morgan fingerprint density at radius 3 is 1.36 bits per heavy atom. The van der Waals surface area contributed by atoms with Crippen LogP contribution in [0.5, 0.6) is 0 Å². The van der Waals surface area contributed by atoms with E-state index in [1.165, 1.54) is 144 Å². The molecule has 1 heteroatoms. The van der Waals surface area contributed by atoms with Crippen LogP contribution in [0.3, 0.4) is 0 Å². The molecule has 81 heavy (non-hydrogen) atoms. The van der Waals surface area contributed by atoms with Crippen LogP contribution in [0.1, 0.15) is 90.5 Å². The van der Waals surface area contributed by atoms with Crippen molar-refractivity contribution in [3.05, 3.63) is 305 Å². The topological polar surface area (TPSA) is 3.24 Å². The summed E-state index contributed by atoms with van der Waals surface area (Å²) in [5, 5.41) is 0. The zero-order valence-electron chi connectivity index (χ0n) is 46.1. The van der Waals surface area contributed by atoms with Crippen molar-refractivity contribution in [3.63, 3.8) is 0 Å². The Hall–Kier alpha value is -8.78. The molecule has 0 atom stereocenters. The molecule has 18 rings (SSSR count). The van der Waals surface area contributed by atoms with Gasteiger partial charge in [-0.25, -0.2) is 0 Å². The van der Waals surface area contributed by atoms with Gasteiger partial charge in [0, 0.05) is 27.8 Å². The van der Waals surface area contributed by atoms with Crippen molar-refractivity contribution in [2.45, 2.75) is 62.2 Å².